The number of benzene rings is 2. The molecule has 0 spiro atoms. The van der Waals surface area contributed by atoms with Gasteiger partial charge in [0, 0.05) is 13.1 Å². The molecule has 0 N–H and O–H groups in total. The molecule has 0 saturated carbocycles. The van der Waals surface area contributed by atoms with Crippen LogP contribution in [0.5, 0.6) is 0 Å². The molecule has 3 rings (SSSR count). The third-order valence-corrected chi connectivity index (χ3v) is 7.19. The number of aromatic nitrogens is 2. The first-order chi connectivity index (χ1) is 15.7. The monoisotopic (exact) mass is 467 g/mol. The number of carbonyl (C=O) groups is 1. The zero-order valence-corrected chi connectivity index (χ0v) is 20.7. The van der Waals surface area contributed by atoms with Crippen LogP contribution < -0.4 is 0 Å². The number of imidazole rings is 1. The normalized spacial score (nSPS) is 11.7. The maximum atomic E-state index is 13.3. The minimum atomic E-state index is -3.65. The Kier molecular flexibility index (Phi) is 8.08. The second-order valence-corrected chi connectivity index (χ2v) is 10.7. The van der Waals surface area contributed by atoms with E-state index in [1.54, 1.807) is 15.7 Å². The molecular weight excluding hydrogens is 434 g/mol. The number of nitrogens with zero attached hydrogens (tertiary/aromatic N) is 3. The third kappa shape index (κ3) is 6.32. The highest BCUT2D eigenvalue weighted by atomic mass is 32.2. The van der Waals surface area contributed by atoms with Crippen LogP contribution in [0.15, 0.2) is 66.0 Å². The van der Waals surface area contributed by atoms with Crippen molar-refractivity contribution in [2.45, 2.75) is 58.1 Å². The first-order valence-corrected chi connectivity index (χ1v) is 13.0. The number of hydrogen-bond acceptors (Lipinski definition) is 4. The van der Waals surface area contributed by atoms with Gasteiger partial charge >= 0.3 is 0 Å². The minimum Gasteiger partial charge on any atom is -0.337 e. The zero-order chi connectivity index (χ0) is 24.0. The molecule has 0 aliphatic rings. The Morgan fingerprint density at radius 3 is 2.36 bits per heavy atom. The molecule has 0 radical (unpaired) electrons. The van der Waals surface area contributed by atoms with Crippen molar-refractivity contribution in [1.29, 1.82) is 0 Å². The minimum absolute atomic E-state index is 0.00492. The number of aryl methyl sites for hydroxylation is 1. The maximum absolute atomic E-state index is 13.3. The topological polar surface area (TPSA) is 72.3 Å². The summed E-state index contributed by atoms with van der Waals surface area (Å²) in [4.78, 5) is 19.0. The number of sulfone groups is 1. The van der Waals surface area contributed by atoms with Crippen LogP contribution >= 0.6 is 0 Å². The van der Waals surface area contributed by atoms with E-state index >= 15 is 0 Å². The van der Waals surface area contributed by atoms with Crippen LogP contribution in [0.2, 0.25) is 0 Å². The van der Waals surface area contributed by atoms with Gasteiger partial charge in [-0.25, -0.2) is 13.4 Å². The average Bonchev–Trinajstić information content (AvgIpc) is 3.16. The molecule has 7 heteroatoms. The molecule has 2 aromatic carbocycles. The zero-order valence-electron chi connectivity index (χ0n) is 19.9. The van der Waals surface area contributed by atoms with E-state index in [9.17, 15) is 13.2 Å². The van der Waals surface area contributed by atoms with E-state index in [2.05, 4.69) is 4.98 Å². The number of hydrogen-bond donors (Lipinski definition) is 0. The first kappa shape index (κ1) is 24.7. The third-order valence-electron chi connectivity index (χ3n) is 5.62. The summed E-state index contributed by atoms with van der Waals surface area (Å²) >= 11 is 0. The predicted octanol–water partition coefficient (Wildman–Crippen LogP) is 4.41. The van der Waals surface area contributed by atoms with E-state index < -0.39 is 9.84 Å². The Labute approximate surface area is 197 Å². The summed E-state index contributed by atoms with van der Waals surface area (Å²) in [5.74, 6) is 0.129. The maximum Gasteiger partial charge on any atom is 0.228 e. The Hall–Kier alpha value is -2.93. The molecule has 0 aliphatic heterocycles. The second-order valence-electron chi connectivity index (χ2n) is 8.79. The molecule has 1 aromatic heterocycles. The number of amides is 1. The summed E-state index contributed by atoms with van der Waals surface area (Å²) in [6.45, 7) is 9.29. The lowest BCUT2D eigenvalue weighted by Crippen LogP contribution is -2.32. The van der Waals surface area contributed by atoms with Crippen molar-refractivity contribution < 1.29 is 13.2 Å². The number of rotatable bonds is 10. The molecule has 6 nitrogen and oxygen atoms in total. The fourth-order valence-corrected chi connectivity index (χ4v) is 5.43. The lowest BCUT2D eigenvalue weighted by molar-refractivity contribution is -0.130. The predicted molar refractivity (Wildman–Crippen MR) is 130 cm³/mol. The van der Waals surface area contributed by atoms with Crippen LogP contribution in [0.3, 0.4) is 0 Å². The van der Waals surface area contributed by atoms with E-state index in [1.807, 2.05) is 82.3 Å². The van der Waals surface area contributed by atoms with Gasteiger partial charge in [-0.1, -0.05) is 68.4 Å². The Bertz CT molecular complexity index is 1180. The van der Waals surface area contributed by atoms with Crippen LogP contribution in [0.25, 0.3) is 0 Å². The SMILES string of the molecule is CCN(Cc1cnc(S(=O)(=O)Cc2ccccc2C)n1CC(C)C)C(=O)Cc1ccccc1. The van der Waals surface area contributed by atoms with Crippen molar-refractivity contribution in [1.82, 2.24) is 14.5 Å². The summed E-state index contributed by atoms with van der Waals surface area (Å²) in [5.41, 5.74) is 3.40. The lowest BCUT2D eigenvalue weighted by Gasteiger charge is -2.23. The highest BCUT2D eigenvalue weighted by molar-refractivity contribution is 7.90. The van der Waals surface area contributed by atoms with Crippen LogP contribution in [-0.2, 0) is 39.9 Å². The van der Waals surface area contributed by atoms with Gasteiger partial charge in [-0.2, -0.15) is 0 Å². The summed E-state index contributed by atoms with van der Waals surface area (Å²) in [7, 11) is -3.65. The van der Waals surface area contributed by atoms with Crippen molar-refractivity contribution >= 4 is 15.7 Å². The molecule has 0 saturated heterocycles. The van der Waals surface area contributed by atoms with E-state index in [-0.39, 0.29) is 22.7 Å². The molecule has 0 unspecified atom stereocenters. The fraction of sp³-hybridized carbons (Fsp3) is 0.385. The molecular formula is C26H33N3O3S. The Morgan fingerprint density at radius 1 is 1.06 bits per heavy atom. The van der Waals surface area contributed by atoms with Crippen molar-refractivity contribution in [3.8, 4) is 0 Å². The van der Waals surface area contributed by atoms with Crippen LogP contribution in [-0.4, -0.2) is 35.3 Å². The molecule has 1 amide bonds. The Balaban J connectivity index is 1.88. The molecule has 3 aromatic rings. The highest BCUT2D eigenvalue weighted by Crippen LogP contribution is 2.22. The highest BCUT2D eigenvalue weighted by Gasteiger charge is 2.26. The molecule has 1 heterocycles. The fourth-order valence-electron chi connectivity index (χ4n) is 3.82. The van der Waals surface area contributed by atoms with E-state index in [4.69, 9.17) is 0 Å². The molecule has 0 atom stereocenters. The molecule has 0 aliphatic carbocycles. The van der Waals surface area contributed by atoms with Gasteiger partial charge in [0.05, 0.1) is 30.6 Å². The van der Waals surface area contributed by atoms with E-state index in [1.165, 1.54) is 0 Å². The largest absolute Gasteiger partial charge is 0.337 e. The Morgan fingerprint density at radius 2 is 1.73 bits per heavy atom. The number of likely N-dealkylation sites (N-methyl/N-ethyl adjacent to an activating group) is 1. The van der Waals surface area contributed by atoms with Gasteiger partial charge in [0.15, 0.2) is 0 Å². The van der Waals surface area contributed by atoms with Crippen molar-refractivity contribution in [3.05, 3.63) is 83.2 Å². The van der Waals surface area contributed by atoms with Gasteiger partial charge < -0.3 is 9.47 Å². The van der Waals surface area contributed by atoms with Gasteiger partial charge in [0.1, 0.15) is 0 Å². The van der Waals surface area contributed by atoms with Gasteiger partial charge in [-0.05, 0) is 36.5 Å². The average molecular weight is 468 g/mol. The van der Waals surface area contributed by atoms with Crippen molar-refractivity contribution in [3.63, 3.8) is 0 Å². The van der Waals surface area contributed by atoms with Gasteiger partial charge in [-0.15, -0.1) is 0 Å². The van der Waals surface area contributed by atoms with Crippen molar-refractivity contribution in [2.75, 3.05) is 6.54 Å². The van der Waals surface area contributed by atoms with E-state index in [0.717, 1.165) is 22.4 Å². The molecule has 33 heavy (non-hydrogen) atoms. The number of carbonyl (C=O) groups excluding carboxylic acids is 1. The van der Waals surface area contributed by atoms with Gasteiger partial charge in [0.25, 0.3) is 0 Å². The standard InChI is InChI=1S/C26H33N3O3S/c1-5-28(25(30)15-22-12-7-6-8-13-22)18-24-16-27-26(29(24)17-20(2)3)33(31,32)19-23-14-10-9-11-21(23)4/h6-14,16,20H,5,15,17-19H2,1-4H3. The van der Waals surface area contributed by atoms with Crippen molar-refractivity contribution in [2.24, 2.45) is 5.92 Å². The van der Waals surface area contributed by atoms with Gasteiger partial charge in [-0.3, -0.25) is 4.79 Å². The molecule has 0 bridgehead atoms. The summed E-state index contributed by atoms with van der Waals surface area (Å²) in [6, 6.07) is 17.1. The summed E-state index contributed by atoms with van der Waals surface area (Å²) in [5, 5.41) is 0.0704. The molecule has 0 fully saturated rings. The van der Waals surface area contributed by atoms with Gasteiger partial charge in [0.2, 0.25) is 20.9 Å². The quantitative estimate of drug-likeness (QED) is 0.443. The lowest BCUT2D eigenvalue weighted by atomic mass is 10.1. The molecule has 176 valence electrons. The van der Waals surface area contributed by atoms with Crippen LogP contribution in [0.4, 0.5) is 0 Å². The van der Waals surface area contributed by atoms with Crippen LogP contribution in [0.1, 0.15) is 43.2 Å². The summed E-state index contributed by atoms with van der Waals surface area (Å²) < 4.78 is 28.4. The smallest absolute Gasteiger partial charge is 0.228 e. The second kappa shape index (κ2) is 10.8. The first-order valence-electron chi connectivity index (χ1n) is 11.3. The van der Waals surface area contributed by atoms with E-state index in [0.29, 0.717) is 26.1 Å². The van der Waals surface area contributed by atoms with Crippen LogP contribution in [0, 0.1) is 12.8 Å². The summed E-state index contributed by atoms with van der Waals surface area (Å²) in [6.07, 6.45) is 1.91.